The van der Waals surface area contributed by atoms with Crippen LogP contribution in [0.25, 0.3) is 0 Å². The summed E-state index contributed by atoms with van der Waals surface area (Å²) in [6.07, 6.45) is 3.65. The smallest absolute Gasteiger partial charge is 0.0513 e. The van der Waals surface area contributed by atoms with Crippen LogP contribution in [0.4, 0.5) is 0 Å². The lowest BCUT2D eigenvalue weighted by atomic mass is 9.95. The minimum atomic E-state index is 0.188. The minimum absolute atomic E-state index is 0.188. The highest BCUT2D eigenvalue weighted by molar-refractivity contribution is 9.10. The first-order valence-corrected chi connectivity index (χ1v) is 8.59. The fourth-order valence-corrected chi connectivity index (χ4v) is 3.43. The van der Waals surface area contributed by atoms with Crippen LogP contribution in [-0.4, -0.2) is 23.5 Å². The van der Waals surface area contributed by atoms with Gasteiger partial charge in [0.1, 0.15) is 0 Å². The summed E-state index contributed by atoms with van der Waals surface area (Å²) in [5.41, 5.74) is 7.84. The van der Waals surface area contributed by atoms with Crippen molar-refractivity contribution in [2.45, 2.75) is 58.2 Å². The van der Waals surface area contributed by atoms with Gasteiger partial charge in [0.05, 0.1) is 6.04 Å². The normalized spacial score (nSPS) is 18.6. The Morgan fingerprint density at radius 2 is 1.95 bits per heavy atom. The molecule has 0 aromatic heterocycles. The molecule has 0 aliphatic heterocycles. The van der Waals surface area contributed by atoms with Gasteiger partial charge in [-0.2, -0.15) is 0 Å². The summed E-state index contributed by atoms with van der Waals surface area (Å²) in [6.45, 7) is 7.91. The van der Waals surface area contributed by atoms with E-state index in [1.807, 2.05) is 0 Å². The Bertz CT molecular complexity index is 429. The number of nitrogens with two attached hydrogens (primary N) is 1. The predicted octanol–water partition coefficient (Wildman–Crippen LogP) is 4.35. The van der Waals surface area contributed by atoms with Gasteiger partial charge in [-0.15, -0.1) is 0 Å². The van der Waals surface area contributed by atoms with Crippen LogP contribution in [0.1, 0.15) is 51.6 Å². The fraction of sp³-hybridized carbons (Fsp3) is 0.647. The second kappa shape index (κ2) is 7.06. The lowest BCUT2D eigenvalue weighted by Gasteiger charge is -2.37. The SMILES string of the molecule is CCC(N)C(c1ccccc1Br)N(CC(C)C)C1CC1. The number of hydrogen-bond donors (Lipinski definition) is 1. The summed E-state index contributed by atoms with van der Waals surface area (Å²) in [7, 11) is 0. The van der Waals surface area contributed by atoms with E-state index in [1.54, 1.807) is 0 Å². The molecule has 1 aliphatic carbocycles. The van der Waals surface area contributed by atoms with Crippen LogP contribution in [0.2, 0.25) is 0 Å². The van der Waals surface area contributed by atoms with E-state index in [1.165, 1.54) is 22.9 Å². The predicted molar refractivity (Wildman–Crippen MR) is 89.7 cm³/mol. The first-order valence-electron chi connectivity index (χ1n) is 7.80. The number of halogens is 1. The van der Waals surface area contributed by atoms with Crippen LogP contribution in [-0.2, 0) is 0 Å². The summed E-state index contributed by atoms with van der Waals surface area (Å²) in [5.74, 6) is 0.671. The zero-order chi connectivity index (χ0) is 14.7. The number of nitrogens with zero attached hydrogens (tertiary/aromatic N) is 1. The Kier molecular flexibility index (Phi) is 5.65. The minimum Gasteiger partial charge on any atom is -0.326 e. The molecule has 2 rings (SSSR count). The molecule has 1 aromatic carbocycles. The first-order chi connectivity index (χ1) is 9.54. The monoisotopic (exact) mass is 338 g/mol. The average molecular weight is 339 g/mol. The van der Waals surface area contributed by atoms with Gasteiger partial charge < -0.3 is 5.73 Å². The second-order valence-corrected chi connectivity index (χ2v) is 7.21. The number of benzene rings is 1. The van der Waals surface area contributed by atoms with Gasteiger partial charge in [-0.25, -0.2) is 0 Å². The van der Waals surface area contributed by atoms with Crippen molar-refractivity contribution in [3.63, 3.8) is 0 Å². The second-order valence-electron chi connectivity index (χ2n) is 6.36. The third-order valence-corrected chi connectivity index (χ3v) is 4.77. The zero-order valence-corrected chi connectivity index (χ0v) is 14.4. The van der Waals surface area contributed by atoms with E-state index in [0.29, 0.717) is 12.0 Å². The number of hydrogen-bond acceptors (Lipinski definition) is 2. The quantitative estimate of drug-likeness (QED) is 0.800. The van der Waals surface area contributed by atoms with Crippen molar-refractivity contribution in [2.24, 2.45) is 11.7 Å². The molecule has 0 spiro atoms. The van der Waals surface area contributed by atoms with Gasteiger partial charge in [0.25, 0.3) is 0 Å². The molecule has 0 radical (unpaired) electrons. The maximum atomic E-state index is 6.50. The summed E-state index contributed by atoms with van der Waals surface area (Å²) >= 11 is 3.72. The van der Waals surface area contributed by atoms with E-state index in [2.05, 4.69) is 65.9 Å². The highest BCUT2D eigenvalue weighted by atomic mass is 79.9. The van der Waals surface area contributed by atoms with Gasteiger partial charge in [0, 0.05) is 23.1 Å². The molecule has 2 nitrogen and oxygen atoms in total. The van der Waals surface area contributed by atoms with Crippen molar-refractivity contribution >= 4 is 15.9 Å². The van der Waals surface area contributed by atoms with Gasteiger partial charge in [-0.1, -0.05) is 54.9 Å². The maximum Gasteiger partial charge on any atom is 0.0513 e. The van der Waals surface area contributed by atoms with E-state index >= 15 is 0 Å². The van der Waals surface area contributed by atoms with Gasteiger partial charge >= 0.3 is 0 Å². The van der Waals surface area contributed by atoms with Crippen LogP contribution in [0.15, 0.2) is 28.7 Å². The molecule has 1 saturated carbocycles. The molecular formula is C17H27BrN2. The lowest BCUT2D eigenvalue weighted by Crippen LogP contribution is -2.43. The van der Waals surface area contributed by atoms with Crippen LogP contribution in [0.3, 0.4) is 0 Å². The van der Waals surface area contributed by atoms with E-state index in [0.717, 1.165) is 19.0 Å². The Morgan fingerprint density at radius 3 is 2.45 bits per heavy atom. The molecule has 0 heterocycles. The molecule has 2 unspecified atom stereocenters. The third-order valence-electron chi connectivity index (χ3n) is 4.05. The highest BCUT2D eigenvalue weighted by Crippen LogP contribution is 2.39. The van der Waals surface area contributed by atoms with E-state index in [-0.39, 0.29) is 6.04 Å². The van der Waals surface area contributed by atoms with Crippen molar-refractivity contribution < 1.29 is 0 Å². The molecule has 2 atom stereocenters. The summed E-state index contributed by atoms with van der Waals surface area (Å²) in [5, 5.41) is 0. The Labute approximate surface area is 131 Å². The van der Waals surface area contributed by atoms with Crippen molar-refractivity contribution in [1.82, 2.24) is 4.90 Å². The van der Waals surface area contributed by atoms with Crippen LogP contribution in [0, 0.1) is 5.92 Å². The fourth-order valence-electron chi connectivity index (χ4n) is 2.91. The lowest BCUT2D eigenvalue weighted by molar-refractivity contribution is 0.141. The molecule has 2 N–H and O–H groups in total. The van der Waals surface area contributed by atoms with E-state index < -0.39 is 0 Å². The molecule has 0 saturated heterocycles. The molecular weight excluding hydrogens is 312 g/mol. The molecule has 0 bridgehead atoms. The maximum absolute atomic E-state index is 6.50. The molecule has 20 heavy (non-hydrogen) atoms. The van der Waals surface area contributed by atoms with Gasteiger partial charge in [-0.3, -0.25) is 4.90 Å². The van der Waals surface area contributed by atoms with E-state index in [4.69, 9.17) is 5.73 Å². The zero-order valence-electron chi connectivity index (χ0n) is 12.8. The Morgan fingerprint density at radius 1 is 1.30 bits per heavy atom. The number of rotatable bonds is 7. The van der Waals surface area contributed by atoms with Gasteiger partial charge in [-0.05, 0) is 36.8 Å². The molecule has 1 fully saturated rings. The highest BCUT2D eigenvalue weighted by Gasteiger charge is 2.37. The molecule has 1 aromatic rings. The van der Waals surface area contributed by atoms with Gasteiger partial charge in [0.15, 0.2) is 0 Å². The standard InChI is InChI=1S/C17H27BrN2/c1-4-16(19)17(14-7-5-6-8-15(14)18)20(11-12(2)3)13-9-10-13/h5-8,12-13,16-17H,4,9-11,19H2,1-3H3. The van der Waals surface area contributed by atoms with Crippen LogP contribution < -0.4 is 5.73 Å². The summed E-state index contributed by atoms with van der Waals surface area (Å²) in [4.78, 5) is 2.65. The summed E-state index contributed by atoms with van der Waals surface area (Å²) < 4.78 is 1.18. The van der Waals surface area contributed by atoms with Gasteiger partial charge in [0.2, 0.25) is 0 Å². The van der Waals surface area contributed by atoms with E-state index in [9.17, 15) is 0 Å². The third kappa shape index (κ3) is 3.84. The molecule has 3 heteroatoms. The largest absolute Gasteiger partial charge is 0.326 e. The average Bonchev–Trinajstić information content (AvgIpc) is 3.23. The molecule has 112 valence electrons. The van der Waals surface area contributed by atoms with Crippen molar-refractivity contribution in [1.29, 1.82) is 0 Å². The van der Waals surface area contributed by atoms with Crippen LogP contribution >= 0.6 is 15.9 Å². The van der Waals surface area contributed by atoms with Crippen LogP contribution in [0.5, 0.6) is 0 Å². The molecule has 0 amide bonds. The molecule has 1 aliphatic rings. The van der Waals surface area contributed by atoms with Crippen molar-refractivity contribution in [2.75, 3.05) is 6.54 Å². The summed E-state index contributed by atoms with van der Waals surface area (Å²) in [6, 6.07) is 9.79. The Balaban J connectivity index is 2.32. The first kappa shape index (κ1) is 16.0. The van der Waals surface area contributed by atoms with Crippen molar-refractivity contribution in [3.05, 3.63) is 34.3 Å². The Hall–Kier alpha value is -0.380. The van der Waals surface area contributed by atoms with Crippen molar-refractivity contribution in [3.8, 4) is 0 Å². The topological polar surface area (TPSA) is 29.3 Å².